The van der Waals surface area contributed by atoms with Crippen molar-refractivity contribution in [1.29, 1.82) is 0 Å². The lowest BCUT2D eigenvalue weighted by Gasteiger charge is -2.24. The summed E-state index contributed by atoms with van der Waals surface area (Å²) in [5.41, 5.74) is 2.62. The summed E-state index contributed by atoms with van der Waals surface area (Å²) in [5.74, 6) is -0.959. The number of benzene rings is 1. The summed E-state index contributed by atoms with van der Waals surface area (Å²) in [5, 5.41) is 29.6. The van der Waals surface area contributed by atoms with Gasteiger partial charge in [0.05, 0.1) is 12.2 Å². The fourth-order valence-corrected chi connectivity index (χ4v) is 5.07. The molecule has 1 aromatic carbocycles. The summed E-state index contributed by atoms with van der Waals surface area (Å²) in [4.78, 5) is 10.5. The van der Waals surface area contributed by atoms with Crippen molar-refractivity contribution in [1.82, 2.24) is 0 Å². The molecule has 4 nitrogen and oxygen atoms in total. The maximum Gasteiger partial charge on any atom is 0.303 e. The Hall–Kier alpha value is -1.72. The Morgan fingerprint density at radius 3 is 2.52 bits per heavy atom. The van der Waals surface area contributed by atoms with Crippen LogP contribution in [0.4, 0.5) is 4.39 Å². The Labute approximate surface area is 172 Å². The number of aliphatic hydroxyl groups is 2. The van der Waals surface area contributed by atoms with E-state index in [-0.39, 0.29) is 30.6 Å². The minimum Gasteiger partial charge on any atom is -0.481 e. The lowest BCUT2D eigenvalue weighted by atomic mass is 9.84. The van der Waals surface area contributed by atoms with Gasteiger partial charge in [-0.05, 0) is 73.8 Å². The molecule has 0 aliphatic heterocycles. The second kappa shape index (κ2) is 10.4. The van der Waals surface area contributed by atoms with Crippen molar-refractivity contribution >= 4 is 5.97 Å². The molecule has 3 rings (SSSR count). The lowest BCUT2D eigenvalue weighted by Crippen LogP contribution is -2.25. The quantitative estimate of drug-likeness (QED) is 0.406. The predicted octanol–water partition coefficient (Wildman–Crippen LogP) is 4.08. The van der Waals surface area contributed by atoms with Crippen molar-refractivity contribution in [3.05, 3.63) is 47.5 Å². The van der Waals surface area contributed by atoms with E-state index in [0.717, 1.165) is 12.8 Å². The number of unbranched alkanes of at least 4 members (excludes halogenated alkanes) is 1. The van der Waals surface area contributed by atoms with Gasteiger partial charge in [-0.25, -0.2) is 4.39 Å². The molecule has 0 bridgehead atoms. The van der Waals surface area contributed by atoms with Crippen LogP contribution in [0.15, 0.2) is 36.4 Å². The largest absolute Gasteiger partial charge is 0.481 e. The van der Waals surface area contributed by atoms with Gasteiger partial charge in [0, 0.05) is 12.8 Å². The number of halogens is 1. The molecular formula is C24H33FO4. The third-order valence-electron chi connectivity index (χ3n) is 6.73. The van der Waals surface area contributed by atoms with E-state index >= 15 is 0 Å². The standard InChI is InChI=1S/C24H33FO4/c25-21-15-23(27)20(9-3-1-2-4-10-24(28)29)19(21)11-12-22(26)18-13-16-7-5-6-8-17(16)14-18/h1,3,5-8,18-23,26-27H,2,4,9-15H2,(H,28,29)/t19-,20-,21+,22+,23+/m1/s1. The number of carbonyl (C=O) groups is 1. The molecule has 0 amide bonds. The summed E-state index contributed by atoms with van der Waals surface area (Å²) < 4.78 is 14.5. The molecule has 0 heterocycles. The van der Waals surface area contributed by atoms with Crippen molar-refractivity contribution in [2.75, 3.05) is 0 Å². The topological polar surface area (TPSA) is 77.8 Å². The van der Waals surface area contributed by atoms with Crippen molar-refractivity contribution in [3.8, 4) is 0 Å². The third-order valence-corrected chi connectivity index (χ3v) is 6.73. The molecule has 29 heavy (non-hydrogen) atoms. The first-order valence-corrected chi connectivity index (χ1v) is 10.9. The average molecular weight is 405 g/mol. The highest BCUT2D eigenvalue weighted by molar-refractivity contribution is 5.66. The van der Waals surface area contributed by atoms with Gasteiger partial charge in [-0.3, -0.25) is 4.79 Å². The molecule has 0 spiro atoms. The highest BCUT2D eigenvalue weighted by Gasteiger charge is 2.42. The fourth-order valence-electron chi connectivity index (χ4n) is 5.07. The van der Waals surface area contributed by atoms with Gasteiger partial charge in [0.25, 0.3) is 0 Å². The van der Waals surface area contributed by atoms with E-state index in [9.17, 15) is 19.4 Å². The second-order valence-electron chi connectivity index (χ2n) is 8.72. The van der Waals surface area contributed by atoms with Gasteiger partial charge in [-0.2, -0.15) is 0 Å². The maximum absolute atomic E-state index is 14.5. The maximum atomic E-state index is 14.5. The van der Waals surface area contributed by atoms with Gasteiger partial charge in [-0.1, -0.05) is 36.4 Å². The molecule has 3 N–H and O–H groups in total. The molecule has 1 fully saturated rings. The molecule has 1 saturated carbocycles. The first-order valence-electron chi connectivity index (χ1n) is 10.9. The van der Waals surface area contributed by atoms with Crippen LogP contribution in [0, 0.1) is 17.8 Å². The molecule has 0 unspecified atom stereocenters. The first-order chi connectivity index (χ1) is 14.0. The van der Waals surface area contributed by atoms with Crippen molar-refractivity contribution in [2.24, 2.45) is 17.8 Å². The van der Waals surface area contributed by atoms with Crippen LogP contribution >= 0.6 is 0 Å². The highest BCUT2D eigenvalue weighted by atomic mass is 19.1. The van der Waals surface area contributed by atoms with Gasteiger partial charge in [0.15, 0.2) is 0 Å². The highest BCUT2D eigenvalue weighted by Crippen LogP contribution is 2.41. The Morgan fingerprint density at radius 2 is 1.86 bits per heavy atom. The Morgan fingerprint density at radius 1 is 1.17 bits per heavy atom. The van der Waals surface area contributed by atoms with Gasteiger partial charge in [-0.15, -0.1) is 0 Å². The first kappa shape index (κ1) is 22.0. The number of rotatable bonds is 10. The van der Waals surface area contributed by atoms with Crippen LogP contribution in [0.2, 0.25) is 0 Å². The molecule has 0 saturated heterocycles. The van der Waals surface area contributed by atoms with Crippen LogP contribution in [-0.4, -0.2) is 39.7 Å². The molecular weight excluding hydrogens is 371 g/mol. The Bertz CT molecular complexity index is 679. The van der Waals surface area contributed by atoms with E-state index in [1.165, 1.54) is 11.1 Å². The van der Waals surface area contributed by atoms with Crippen molar-refractivity contribution in [3.63, 3.8) is 0 Å². The number of carboxylic acid groups (broad SMARTS) is 1. The van der Waals surface area contributed by atoms with E-state index < -0.39 is 24.3 Å². The number of carboxylic acids is 1. The zero-order valence-electron chi connectivity index (χ0n) is 16.9. The summed E-state index contributed by atoms with van der Waals surface area (Å²) in [7, 11) is 0. The summed E-state index contributed by atoms with van der Waals surface area (Å²) in [6, 6.07) is 8.29. The summed E-state index contributed by atoms with van der Waals surface area (Å²) in [6.45, 7) is 0. The van der Waals surface area contributed by atoms with Crippen LogP contribution in [0.5, 0.6) is 0 Å². The normalized spacial score (nSPS) is 28.1. The van der Waals surface area contributed by atoms with E-state index in [0.29, 0.717) is 32.1 Å². The van der Waals surface area contributed by atoms with E-state index in [2.05, 4.69) is 12.1 Å². The SMILES string of the molecule is O=C(O)CCCC=CC[C@@H]1[C@@H](CC[C@H](O)C2Cc3ccccc3C2)[C@@H](F)C[C@@H]1O. The number of aliphatic carboxylic acids is 1. The molecule has 2 aliphatic rings. The smallest absolute Gasteiger partial charge is 0.303 e. The van der Waals surface area contributed by atoms with Crippen LogP contribution in [0.25, 0.3) is 0 Å². The van der Waals surface area contributed by atoms with Gasteiger partial charge < -0.3 is 15.3 Å². The number of aliphatic hydroxyl groups excluding tert-OH is 2. The minimum absolute atomic E-state index is 0.131. The van der Waals surface area contributed by atoms with E-state index in [1.54, 1.807) is 0 Å². The van der Waals surface area contributed by atoms with Crippen molar-refractivity contribution in [2.45, 2.75) is 76.2 Å². The van der Waals surface area contributed by atoms with Gasteiger partial charge >= 0.3 is 5.97 Å². The summed E-state index contributed by atoms with van der Waals surface area (Å²) >= 11 is 0. The summed E-state index contributed by atoms with van der Waals surface area (Å²) in [6.07, 6.45) is 6.87. The van der Waals surface area contributed by atoms with Crippen LogP contribution in [0.1, 0.15) is 56.1 Å². The molecule has 2 aliphatic carbocycles. The molecule has 1 aromatic rings. The number of hydrogen-bond donors (Lipinski definition) is 3. The average Bonchev–Trinajstić information content (AvgIpc) is 3.23. The van der Waals surface area contributed by atoms with Crippen LogP contribution in [-0.2, 0) is 17.6 Å². The monoisotopic (exact) mass is 404 g/mol. The number of fused-ring (bicyclic) bond motifs is 1. The van der Waals surface area contributed by atoms with Gasteiger partial charge in [0.1, 0.15) is 6.17 Å². The Balaban J connectivity index is 1.46. The number of alkyl halides is 1. The molecule has 5 heteroatoms. The van der Waals surface area contributed by atoms with Gasteiger partial charge in [0.2, 0.25) is 0 Å². The lowest BCUT2D eigenvalue weighted by molar-refractivity contribution is -0.137. The minimum atomic E-state index is -1.02. The third kappa shape index (κ3) is 5.89. The number of hydrogen-bond acceptors (Lipinski definition) is 3. The van der Waals surface area contributed by atoms with Crippen molar-refractivity contribution < 1.29 is 24.5 Å². The second-order valence-corrected chi connectivity index (χ2v) is 8.72. The molecule has 0 aromatic heterocycles. The molecule has 0 radical (unpaired) electrons. The zero-order chi connectivity index (χ0) is 20.8. The predicted molar refractivity (Wildman–Crippen MR) is 110 cm³/mol. The number of allylic oxidation sites excluding steroid dienone is 2. The molecule has 5 atom stereocenters. The van der Waals surface area contributed by atoms with E-state index in [4.69, 9.17) is 5.11 Å². The molecule has 160 valence electrons. The fraction of sp³-hybridized carbons (Fsp3) is 0.625. The van der Waals surface area contributed by atoms with E-state index in [1.807, 2.05) is 24.3 Å². The Kier molecular flexibility index (Phi) is 7.84. The zero-order valence-corrected chi connectivity index (χ0v) is 16.9. The van der Waals surface area contributed by atoms with Crippen LogP contribution < -0.4 is 0 Å². The van der Waals surface area contributed by atoms with Crippen LogP contribution in [0.3, 0.4) is 0 Å².